The van der Waals surface area contributed by atoms with Crippen molar-refractivity contribution in [2.75, 3.05) is 19.0 Å². The van der Waals surface area contributed by atoms with Crippen LogP contribution in [0.15, 0.2) is 30.3 Å². The summed E-state index contributed by atoms with van der Waals surface area (Å²) in [5, 5.41) is 7.72. The second kappa shape index (κ2) is 7.77. The zero-order valence-electron chi connectivity index (χ0n) is 13.6. The number of benzene rings is 1. The minimum absolute atomic E-state index is 0.288. The number of carbonyl (C=O) groups excluding carboxylic acids is 1. The maximum absolute atomic E-state index is 12.1. The van der Waals surface area contributed by atoms with E-state index in [-0.39, 0.29) is 5.97 Å². The van der Waals surface area contributed by atoms with Gasteiger partial charge in [0.1, 0.15) is 5.00 Å². The molecule has 0 fully saturated rings. The number of nitrogens with one attached hydrogen (secondary N) is 2. The van der Waals surface area contributed by atoms with Crippen molar-refractivity contribution in [1.82, 2.24) is 5.32 Å². The summed E-state index contributed by atoms with van der Waals surface area (Å²) >= 11 is 6.98. The molecule has 0 saturated heterocycles. The number of esters is 1. The van der Waals surface area contributed by atoms with Crippen molar-refractivity contribution < 1.29 is 9.53 Å². The first-order chi connectivity index (χ1) is 11.7. The van der Waals surface area contributed by atoms with Crippen molar-refractivity contribution in [2.45, 2.75) is 25.7 Å². The quantitative estimate of drug-likeness (QED) is 0.631. The zero-order chi connectivity index (χ0) is 16.9. The monoisotopic (exact) mass is 360 g/mol. The molecule has 126 valence electrons. The molecule has 1 aromatic heterocycles. The molecule has 0 amide bonds. The van der Waals surface area contributed by atoms with E-state index in [4.69, 9.17) is 17.0 Å². The highest BCUT2D eigenvalue weighted by molar-refractivity contribution is 7.80. The average Bonchev–Trinajstić information content (AvgIpc) is 3.15. The van der Waals surface area contributed by atoms with E-state index in [0.29, 0.717) is 10.7 Å². The number of anilines is 1. The Morgan fingerprint density at radius 1 is 1.29 bits per heavy atom. The summed E-state index contributed by atoms with van der Waals surface area (Å²) in [4.78, 5) is 13.4. The van der Waals surface area contributed by atoms with Crippen LogP contribution in [0.1, 0.15) is 32.8 Å². The molecule has 1 aliphatic rings. The molecular weight excluding hydrogens is 340 g/mol. The fourth-order valence-electron chi connectivity index (χ4n) is 2.92. The van der Waals surface area contributed by atoms with E-state index in [1.165, 1.54) is 17.6 Å². The van der Waals surface area contributed by atoms with Crippen LogP contribution in [-0.4, -0.2) is 24.7 Å². The Hall–Kier alpha value is -1.92. The van der Waals surface area contributed by atoms with Crippen LogP contribution in [0.3, 0.4) is 0 Å². The molecule has 1 heterocycles. The average molecular weight is 361 g/mol. The van der Waals surface area contributed by atoms with E-state index in [1.54, 1.807) is 11.3 Å². The van der Waals surface area contributed by atoms with Gasteiger partial charge in [-0.15, -0.1) is 11.3 Å². The summed E-state index contributed by atoms with van der Waals surface area (Å²) in [5.74, 6) is -0.288. The van der Waals surface area contributed by atoms with Gasteiger partial charge >= 0.3 is 5.97 Å². The third-order valence-electron chi connectivity index (χ3n) is 4.08. The summed E-state index contributed by atoms with van der Waals surface area (Å²) in [5.41, 5.74) is 3.04. The van der Waals surface area contributed by atoms with Gasteiger partial charge in [-0.3, -0.25) is 0 Å². The van der Waals surface area contributed by atoms with Crippen molar-refractivity contribution >= 4 is 39.6 Å². The van der Waals surface area contributed by atoms with Gasteiger partial charge in [-0.05, 0) is 49.0 Å². The lowest BCUT2D eigenvalue weighted by molar-refractivity contribution is 0.0601. The largest absolute Gasteiger partial charge is 0.465 e. The third kappa shape index (κ3) is 3.76. The standard InChI is InChI=1S/C18H20N2O2S2/c1-22-17(21)15-13-8-5-9-14(13)24-16(15)20-18(23)19-11-10-12-6-3-2-4-7-12/h2-4,6-7H,5,8-11H2,1H3,(H2,19,20,23). The Kier molecular flexibility index (Phi) is 5.48. The van der Waals surface area contributed by atoms with Crippen LogP contribution >= 0.6 is 23.6 Å². The number of rotatable bonds is 5. The SMILES string of the molecule is COC(=O)c1c(NC(=S)NCCc2ccccc2)sc2c1CCC2. The third-order valence-corrected chi connectivity index (χ3v) is 5.53. The van der Waals surface area contributed by atoms with E-state index >= 15 is 0 Å². The molecule has 1 aromatic carbocycles. The number of hydrogen-bond donors (Lipinski definition) is 2. The van der Waals surface area contributed by atoms with Crippen molar-refractivity contribution in [2.24, 2.45) is 0 Å². The van der Waals surface area contributed by atoms with Gasteiger partial charge in [0.2, 0.25) is 0 Å². The first-order valence-corrected chi connectivity index (χ1v) is 9.23. The Labute approximate surface area is 151 Å². The van der Waals surface area contributed by atoms with Gasteiger partial charge in [0.15, 0.2) is 5.11 Å². The molecule has 2 aromatic rings. The number of thiocarbonyl (C=S) groups is 1. The summed E-state index contributed by atoms with van der Waals surface area (Å²) in [6.07, 6.45) is 3.96. The fourth-order valence-corrected chi connectivity index (χ4v) is 4.47. The molecule has 3 rings (SSSR count). The van der Waals surface area contributed by atoms with E-state index in [2.05, 4.69) is 22.8 Å². The molecule has 0 aliphatic heterocycles. The topological polar surface area (TPSA) is 50.4 Å². The van der Waals surface area contributed by atoms with Crippen LogP contribution in [0.2, 0.25) is 0 Å². The fraction of sp³-hybridized carbons (Fsp3) is 0.333. The second-order valence-corrected chi connectivity index (χ2v) is 7.18. The number of carbonyl (C=O) groups is 1. The molecule has 0 spiro atoms. The van der Waals surface area contributed by atoms with Crippen molar-refractivity contribution in [3.63, 3.8) is 0 Å². The van der Waals surface area contributed by atoms with Crippen LogP contribution in [0.5, 0.6) is 0 Å². The molecule has 6 heteroatoms. The summed E-state index contributed by atoms with van der Waals surface area (Å²) in [6, 6.07) is 10.3. The predicted molar refractivity (Wildman–Crippen MR) is 102 cm³/mol. The summed E-state index contributed by atoms with van der Waals surface area (Å²) in [7, 11) is 1.42. The van der Waals surface area contributed by atoms with Crippen LogP contribution in [0.25, 0.3) is 0 Å². The van der Waals surface area contributed by atoms with Crippen LogP contribution in [-0.2, 0) is 24.0 Å². The van der Waals surface area contributed by atoms with E-state index in [1.807, 2.05) is 18.2 Å². The highest BCUT2D eigenvalue weighted by atomic mass is 32.1. The van der Waals surface area contributed by atoms with Crippen LogP contribution in [0, 0.1) is 0 Å². The Morgan fingerprint density at radius 3 is 2.83 bits per heavy atom. The Balaban J connectivity index is 1.61. The molecule has 0 saturated carbocycles. The number of aryl methyl sites for hydroxylation is 1. The van der Waals surface area contributed by atoms with Crippen molar-refractivity contribution in [3.8, 4) is 0 Å². The lowest BCUT2D eigenvalue weighted by atomic mass is 10.1. The molecule has 4 nitrogen and oxygen atoms in total. The molecule has 0 atom stereocenters. The van der Waals surface area contributed by atoms with Gasteiger partial charge in [-0.1, -0.05) is 30.3 Å². The molecule has 2 N–H and O–H groups in total. The van der Waals surface area contributed by atoms with Gasteiger partial charge in [-0.25, -0.2) is 4.79 Å². The van der Waals surface area contributed by atoms with Gasteiger partial charge in [0.25, 0.3) is 0 Å². The van der Waals surface area contributed by atoms with Crippen LogP contribution in [0.4, 0.5) is 5.00 Å². The van der Waals surface area contributed by atoms with E-state index in [9.17, 15) is 4.79 Å². The van der Waals surface area contributed by atoms with Crippen molar-refractivity contribution in [3.05, 3.63) is 51.9 Å². The lowest BCUT2D eigenvalue weighted by Gasteiger charge is -2.11. The van der Waals surface area contributed by atoms with Crippen LogP contribution < -0.4 is 10.6 Å². The summed E-state index contributed by atoms with van der Waals surface area (Å²) in [6.45, 7) is 0.745. The predicted octanol–water partition coefficient (Wildman–Crippen LogP) is 3.55. The maximum Gasteiger partial charge on any atom is 0.341 e. The smallest absolute Gasteiger partial charge is 0.341 e. The first-order valence-electron chi connectivity index (χ1n) is 8.00. The zero-order valence-corrected chi connectivity index (χ0v) is 15.2. The van der Waals surface area contributed by atoms with E-state index in [0.717, 1.165) is 42.8 Å². The Morgan fingerprint density at radius 2 is 2.08 bits per heavy atom. The number of fused-ring (bicyclic) bond motifs is 1. The number of methoxy groups -OCH3 is 1. The molecule has 0 unspecified atom stereocenters. The second-order valence-electron chi connectivity index (χ2n) is 5.67. The highest BCUT2D eigenvalue weighted by Crippen LogP contribution is 2.39. The normalized spacial score (nSPS) is 12.5. The minimum atomic E-state index is -0.288. The first kappa shape index (κ1) is 16.9. The highest BCUT2D eigenvalue weighted by Gasteiger charge is 2.27. The van der Waals surface area contributed by atoms with Crippen molar-refractivity contribution in [1.29, 1.82) is 0 Å². The molecule has 0 bridgehead atoms. The number of thiophene rings is 1. The Bertz CT molecular complexity index is 741. The lowest BCUT2D eigenvalue weighted by Crippen LogP contribution is -2.30. The molecule has 24 heavy (non-hydrogen) atoms. The number of hydrogen-bond acceptors (Lipinski definition) is 4. The molecular formula is C18H20N2O2S2. The minimum Gasteiger partial charge on any atom is -0.465 e. The van der Waals surface area contributed by atoms with Gasteiger partial charge in [0.05, 0.1) is 12.7 Å². The maximum atomic E-state index is 12.1. The van der Waals surface area contributed by atoms with Gasteiger partial charge in [0, 0.05) is 11.4 Å². The number of ether oxygens (including phenoxy) is 1. The van der Waals surface area contributed by atoms with E-state index < -0.39 is 0 Å². The summed E-state index contributed by atoms with van der Waals surface area (Å²) < 4.78 is 4.95. The molecule has 1 aliphatic carbocycles. The van der Waals surface area contributed by atoms with Gasteiger partial charge in [-0.2, -0.15) is 0 Å². The van der Waals surface area contributed by atoms with Gasteiger partial charge < -0.3 is 15.4 Å². The molecule has 0 radical (unpaired) electrons.